The Morgan fingerprint density at radius 2 is 1.67 bits per heavy atom. The maximum absolute atomic E-state index is 13.4. The zero-order valence-corrected chi connectivity index (χ0v) is 13.0. The first-order valence-electron chi connectivity index (χ1n) is 6.82. The van der Waals surface area contributed by atoms with E-state index in [1.807, 2.05) is 24.3 Å². The average Bonchev–Trinajstić information content (AvgIpc) is 2.54. The number of nitrogens with zero attached hydrogens (tertiary/aromatic N) is 1. The van der Waals surface area contributed by atoms with Crippen LogP contribution >= 0.6 is 0 Å². The second-order valence-corrected chi connectivity index (χ2v) is 6.72. The number of nitro groups is 1. The van der Waals surface area contributed by atoms with Gasteiger partial charge in [0.05, 0.1) is 9.82 Å². The van der Waals surface area contributed by atoms with E-state index in [1.54, 1.807) is 18.2 Å². The van der Waals surface area contributed by atoms with E-state index in [2.05, 4.69) is 4.72 Å². The molecule has 0 bridgehead atoms. The fraction of sp³-hybridized carbons (Fsp3) is 0. The lowest BCUT2D eigenvalue weighted by atomic mass is 10.1. The van der Waals surface area contributed by atoms with Crippen LogP contribution in [0.25, 0.3) is 10.8 Å². The summed E-state index contributed by atoms with van der Waals surface area (Å²) < 4.78 is 40.4. The molecule has 8 heteroatoms. The predicted molar refractivity (Wildman–Crippen MR) is 87.8 cm³/mol. The molecule has 0 fully saturated rings. The zero-order valence-electron chi connectivity index (χ0n) is 12.1. The van der Waals surface area contributed by atoms with Gasteiger partial charge in [0.25, 0.3) is 10.0 Å². The molecular formula is C16H11FN2O4S. The van der Waals surface area contributed by atoms with Crippen molar-refractivity contribution in [3.8, 4) is 0 Å². The lowest BCUT2D eigenvalue weighted by Gasteiger charge is -2.09. The Morgan fingerprint density at radius 1 is 0.958 bits per heavy atom. The molecule has 0 saturated heterocycles. The van der Waals surface area contributed by atoms with Gasteiger partial charge < -0.3 is 0 Å². The van der Waals surface area contributed by atoms with Gasteiger partial charge in [0.1, 0.15) is 0 Å². The highest BCUT2D eigenvalue weighted by Gasteiger charge is 2.21. The molecule has 0 aliphatic rings. The highest BCUT2D eigenvalue weighted by atomic mass is 32.2. The fourth-order valence-corrected chi connectivity index (χ4v) is 3.34. The molecular weight excluding hydrogens is 335 g/mol. The quantitative estimate of drug-likeness (QED) is 0.576. The highest BCUT2D eigenvalue weighted by Crippen LogP contribution is 2.25. The summed E-state index contributed by atoms with van der Waals surface area (Å²) >= 11 is 0. The van der Waals surface area contributed by atoms with Gasteiger partial charge in [0, 0.05) is 11.8 Å². The first-order chi connectivity index (χ1) is 11.4. The van der Waals surface area contributed by atoms with E-state index < -0.39 is 26.5 Å². The molecule has 24 heavy (non-hydrogen) atoms. The normalized spacial score (nSPS) is 11.4. The van der Waals surface area contributed by atoms with Gasteiger partial charge in [0.2, 0.25) is 5.82 Å². The maximum Gasteiger partial charge on any atom is 0.306 e. The van der Waals surface area contributed by atoms with Crippen molar-refractivity contribution in [3.05, 3.63) is 76.6 Å². The predicted octanol–water partition coefficient (Wildman–Crippen LogP) is 3.69. The zero-order chi connectivity index (χ0) is 17.3. The van der Waals surface area contributed by atoms with Crippen molar-refractivity contribution < 1.29 is 17.7 Å². The highest BCUT2D eigenvalue weighted by molar-refractivity contribution is 7.92. The van der Waals surface area contributed by atoms with Crippen molar-refractivity contribution in [2.24, 2.45) is 0 Å². The molecule has 0 saturated carbocycles. The second-order valence-electron chi connectivity index (χ2n) is 5.04. The minimum atomic E-state index is -4.08. The van der Waals surface area contributed by atoms with Crippen LogP contribution in [0.1, 0.15) is 0 Å². The number of halogens is 1. The van der Waals surface area contributed by atoms with E-state index in [4.69, 9.17) is 0 Å². The number of anilines is 1. The summed E-state index contributed by atoms with van der Waals surface area (Å²) in [6, 6.07) is 14.8. The van der Waals surface area contributed by atoms with E-state index >= 15 is 0 Å². The standard InChI is InChI=1S/C16H11FN2O4S/c17-15-8-7-14(10-16(15)19(20)21)24(22,23)18-13-6-5-11-3-1-2-4-12(11)9-13/h1-10,18H. The Bertz CT molecular complexity index is 1050. The van der Waals surface area contributed by atoms with E-state index in [-0.39, 0.29) is 4.90 Å². The number of nitrogens with one attached hydrogen (secondary N) is 1. The minimum absolute atomic E-state index is 0.306. The molecule has 0 unspecified atom stereocenters. The van der Waals surface area contributed by atoms with Crippen LogP contribution in [-0.4, -0.2) is 13.3 Å². The van der Waals surface area contributed by atoms with Gasteiger partial charge >= 0.3 is 5.69 Å². The van der Waals surface area contributed by atoms with E-state index in [0.717, 1.165) is 22.9 Å². The summed E-state index contributed by atoms with van der Waals surface area (Å²) in [6.07, 6.45) is 0. The molecule has 0 aromatic heterocycles. The van der Waals surface area contributed by atoms with Crippen molar-refractivity contribution in [1.82, 2.24) is 0 Å². The van der Waals surface area contributed by atoms with Crippen LogP contribution < -0.4 is 4.72 Å². The van der Waals surface area contributed by atoms with Crippen LogP contribution in [0.4, 0.5) is 15.8 Å². The monoisotopic (exact) mass is 346 g/mol. The molecule has 0 heterocycles. The number of benzene rings is 3. The summed E-state index contributed by atoms with van der Waals surface area (Å²) in [5.41, 5.74) is -0.586. The Morgan fingerprint density at radius 3 is 2.38 bits per heavy atom. The average molecular weight is 346 g/mol. The molecule has 3 aromatic carbocycles. The van der Waals surface area contributed by atoms with Crippen LogP contribution in [-0.2, 0) is 10.0 Å². The number of rotatable bonds is 4. The Balaban J connectivity index is 1.98. The Kier molecular flexibility index (Phi) is 3.90. The van der Waals surface area contributed by atoms with Crippen LogP contribution in [0, 0.1) is 15.9 Å². The molecule has 6 nitrogen and oxygen atoms in total. The van der Waals surface area contributed by atoms with Crippen molar-refractivity contribution in [2.45, 2.75) is 4.90 Å². The summed E-state index contributed by atoms with van der Waals surface area (Å²) in [5.74, 6) is -1.09. The van der Waals surface area contributed by atoms with Crippen LogP contribution in [0.5, 0.6) is 0 Å². The van der Waals surface area contributed by atoms with Gasteiger partial charge in [-0.05, 0) is 35.0 Å². The van der Waals surface area contributed by atoms with Gasteiger partial charge in [-0.25, -0.2) is 8.42 Å². The van der Waals surface area contributed by atoms with E-state index in [0.29, 0.717) is 11.8 Å². The van der Waals surface area contributed by atoms with Gasteiger partial charge in [-0.3, -0.25) is 14.8 Å². The molecule has 0 spiro atoms. The summed E-state index contributed by atoms with van der Waals surface area (Å²) in [7, 11) is -4.08. The third-order valence-corrected chi connectivity index (χ3v) is 4.81. The maximum atomic E-state index is 13.4. The van der Waals surface area contributed by atoms with Crippen molar-refractivity contribution >= 4 is 32.2 Å². The largest absolute Gasteiger partial charge is 0.306 e. The molecule has 3 rings (SSSR count). The third kappa shape index (κ3) is 3.04. The van der Waals surface area contributed by atoms with Gasteiger partial charge in [-0.1, -0.05) is 30.3 Å². The number of hydrogen-bond donors (Lipinski definition) is 1. The molecule has 0 radical (unpaired) electrons. The van der Waals surface area contributed by atoms with E-state index in [1.165, 1.54) is 0 Å². The van der Waals surface area contributed by atoms with E-state index in [9.17, 15) is 22.9 Å². The van der Waals surface area contributed by atoms with Crippen LogP contribution in [0.3, 0.4) is 0 Å². The van der Waals surface area contributed by atoms with Crippen molar-refractivity contribution in [1.29, 1.82) is 0 Å². The van der Waals surface area contributed by atoms with Crippen molar-refractivity contribution in [2.75, 3.05) is 4.72 Å². The number of nitro benzene ring substituents is 1. The first kappa shape index (κ1) is 15.9. The lowest BCUT2D eigenvalue weighted by Crippen LogP contribution is -2.13. The number of sulfonamides is 1. The topological polar surface area (TPSA) is 89.3 Å². The Labute approximate surface area is 136 Å². The number of fused-ring (bicyclic) bond motifs is 1. The molecule has 0 aliphatic heterocycles. The summed E-state index contributed by atoms with van der Waals surface area (Å²) in [4.78, 5) is 9.40. The van der Waals surface area contributed by atoms with Gasteiger partial charge in [0.15, 0.2) is 0 Å². The van der Waals surface area contributed by atoms with Crippen LogP contribution in [0.15, 0.2) is 65.6 Å². The fourth-order valence-electron chi connectivity index (χ4n) is 2.27. The Hall–Kier alpha value is -3.00. The molecule has 3 aromatic rings. The van der Waals surface area contributed by atoms with Crippen LogP contribution in [0.2, 0.25) is 0 Å². The molecule has 1 N–H and O–H groups in total. The second kappa shape index (κ2) is 5.89. The molecule has 0 aliphatic carbocycles. The van der Waals surface area contributed by atoms with Gasteiger partial charge in [-0.15, -0.1) is 0 Å². The van der Waals surface area contributed by atoms with Gasteiger partial charge in [-0.2, -0.15) is 4.39 Å². The SMILES string of the molecule is O=[N+]([O-])c1cc(S(=O)(=O)Nc2ccc3ccccc3c2)ccc1F. The summed E-state index contributed by atoms with van der Waals surface area (Å²) in [5, 5.41) is 12.5. The number of hydrogen-bond acceptors (Lipinski definition) is 4. The molecule has 0 atom stereocenters. The summed E-state index contributed by atoms with van der Waals surface area (Å²) in [6.45, 7) is 0. The van der Waals surface area contributed by atoms with Crippen molar-refractivity contribution in [3.63, 3.8) is 0 Å². The molecule has 122 valence electrons. The minimum Gasteiger partial charge on any atom is -0.280 e. The first-order valence-corrected chi connectivity index (χ1v) is 8.31. The lowest BCUT2D eigenvalue weighted by molar-refractivity contribution is -0.387. The molecule has 0 amide bonds. The smallest absolute Gasteiger partial charge is 0.280 e. The third-order valence-electron chi connectivity index (χ3n) is 3.43.